The molecule has 1 aromatic carbocycles. The predicted molar refractivity (Wildman–Crippen MR) is 69.0 cm³/mol. The fourth-order valence-electron chi connectivity index (χ4n) is 1.19. The summed E-state index contributed by atoms with van der Waals surface area (Å²) in [7, 11) is -2.75. The average Bonchev–Trinajstić information content (AvgIpc) is 2.36. The van der Waals surface area contributed by atoms with Gasteiger partial charge in [-0.25, -0.2) is 13.2 Å². The second-order valence-corrected chi connectivity index (χ2v) is 5.37. The number of anilines is 1. The molecule has 0 aliphatic rings. The van der Waals surface area contributed by atoms with Gasteiger partial charge in [-0.3, -0.25) is 9.52 Å². The molecule has 0 aliphatic heterocycles. The van der Waals surface area contributed by atoms with Crippen LogP contribution >= 0.6 is 0 Å². The number of hydrogen-bond acceptors (Lipinski definition) is 6. The maximum atomic E-state index is 11.5. The Balaban J connectivity index is 2.65. The maximum absolute atomic E-state index is 11.5. The van der Waals surface area contributed by atoms with Crippen molar-refractivity contribution in [2.24, 2.45) is 0 Å². The molecule has 110 valence electrons. The zero-order chi connectivity index (χ0) is 15.2. The first-order valence-electron chi connectivity index (χ1n) is 5.34. The van der Waals surface area contributed by atoms with Crippen LogP contribution in [0.1, 0.15) is 0 Å². The fraction of sp³-hybridized carbons (Fsp3) is 0.273. The molecule has 0 aliphatic carbocycles. The van der Waals surface area contributed by atoms with Crippen LogP contribution in [0, 0.1) is 0 Å². The SMILES string of the molecule is COC(=O)CS(=O)(=O)Nc1ccc(OCC(=O)O)cc1. The molecule has 9 heteroatoms. The number of carbonyl (C=O) groups is 2. The molecule has 0 amide bonds. The minimum atomic E-state index is -3.84. The van der Waals surface area contributed by atoms with Gasteiger partial charge in [0.25, 0.3) is 0 Å². The Morgan fingerprint density at radius 3 is 2.35 bits per heavy atom. The number of ether oxygens (including phenoxy) is 2. The monoisotopic (exact) mass is 303 g/mol. The number of methoxy groups -OCH3 is 1. The molecule has 0 saturated heterocycles. The highest BCUT2D eigenvalue weighted by molar-refractivity contribution is 7.93. The van der Waals surface area contributed by atoms with Gasteiger partial charge in [-0.2, -0.15) is 0 Å². The van der Waals surface area contributed by atoms with Gasteiger partial charge in [0.15, 0.2) is 12.4 Å². The van der Waals surface area contributed by atoms with Gasteiger partial charge >= 0.3 is 11.9 Å². The molecule has 0 bridgehead atoms. The summed E-state index contributed by atoms with van der Waals surface area (Å²) in [6.45, 7) is -0.493. The zero-order valence-corrected chi connectivity index (χ0v) is 11.3. The molecule has 0 atom stereocenters. The molecule has 2 N–H and O–H groups in total. The summed E-state index contributed by atoms with van der Waals surface area (Å²) in [4.78, 5) is 21.2. The highest BCUT2D eigenvalue weighted by Gasteiger charge is 2.16. The molecule has 0 saturated carbocycles. The zero-order valence-electron chi connectivity index (χ0n) is 10.5. The van der Waals surface area contributed by atoms with E-state index in [1.165, 1.54) is 24.3 Å². The Morgan fingerprint density at radius 2 is 1.85 bits per heavy atom. The van der Waals surface area contributed by atoms with Crippen molar-refractivity contribution in [3.05, 3.63) is 24.3 Å². The lowest BCUT2D eigenvalue weighted by Crippen LogP contribution is -2.23. The molecular formula is C11H13NO7S. The number of carboxylic acids is 1. The number of carboxylic acid groups (broad SMARTS) is 1. The van der Waals surface area contributed by atoms with E-state index in [4.69, 9.17) is 9.84 Å². The number of hydrogen-bond donors (Lipinski definition) is 2. The van der Waals surface area contributed by atoms with Gasteiger partial charge in [-0.1, -0.05) is 0 Å². The van der Waals surface area contributed by atoms with E-state index in [0.29, 0.717) is 0 Å². The Bertz CT molecular complexity index is 579. The van der Waals surface area contributed by atoms with Crippen molar-refractivity contribution >= 4 is 27.6 Å². The van der Waals surface area contributed by atoms with Crippen LogP contribution in [0.2, 0.25) is 0 Å². The van der Waals surface area contributed by atoms with Crippen LogP contribution in [-0.4, -0.2) is 44.9 Å². The summed E-state index contributed by atoms with van der Waals surface area (Å²) in [5, 5.41) is 8.43. The number of carbonyl (C=O) groups excluding carboxylic acids is 1. The topological polar surface area (TPSA) is 119 Å². The second kappa shape index (κ2) is 6.75. The number of benzene rings is 1. The van der Waals surface area contributed by atoms with Crippen LogP contribution in [0.5, 0.6) is 5.75 Å². The molecule has 0 spiro atoms. The van der Waals surface area contributed by atoms with E-state index in [1.54, 1.807) is 0 Å². The lowest BCUT2D eigenvalue weighted by molar-refractivity contribution is -0.139. The normalized spacial score (nSPS) is 10.7. The van der Waals surface area contributed by atoms with Crippen LogP contribution in [-0.2, 0) is 24.3 Å². The molecule has 0 aromatic heterocycles. The van der Waals surface area contributed by atoms with Gasteiger partial charge in [-0.15, -0.1) is 0 Å². The molecule has 0 radical (unpaired) electrons. The Kier molecular flexibility index (Phi) is 5.32. The predicted octanol–water partition coefficient (Wildman–Crippen LogP) is 0.0647. The Hall–Kier alpha value is -2.29. The molecule has 0 fully saturated rings. The van der Waals surface area contributed by atoms with Crippen molar-refractivity contribution in [3.63, 3.8) is 0 Å². The van der Waals surface area contributed by atoms with Crippen LogP contribution in [0.3, 0.4) is 0 Å². The van der Waals surface area contributed by atoms with Gasteiger partial charge < -0.3 is 14.6 Å². The highest BCUT2D eigenvalue weighted by atomic mass is 32.2. The van der Waals surface area contributed by atoms with Gasteiger partial charge in [-0.05, 0) is 24.3 Å². The summed E-state index contributed by atoms with van der Waals surface area (Å²) in [6, 6.07) is 5.57. The molecule has 0 heterocycles. The van der Waals surface area contributed by atoms with Crippen molar-refractivity contribution in [2.45, 2.75) is 0 Å². The fourth-order valence-corrected chi connectivity index (χ4v) is 2.19. The summed E-state index contributed by atoms with van der Waals surface area (Å²) in [6.07, 6.45) is 0. The average molecular weight is 303 g/mol. The maximum Gasteiger partial charge on any atom is 0.341 e. The first-order valence-corrected chi connectivity index (χ1v) is 6.99. The molecule has 1 aromatic rings. The largest absolute Gasteiger partial charge is 0.482 e. The molecular weight excluding hydrogens is 290 g/mol. The number of esters is 1. The first kappa shape index (κ1) is 15.8. The van der Waals surface area contributed by atoms with Crippen molar-refractivity contribution < 1.29 is 32.6 Å². The summed E-state index contributed by atoms with van der Waals surface area (Å²) < 4.78 is 34.4. The van der Waals surface area contributed by atoms with Crippen molar-refractivity contribution in [1.29, 1.82) is 0 Å². The number of sulfonamides is 1. The highest BCUT2D eigenvalue weighted by Crippen LogP contribution is 2.16. The number of nitrogens with one attached hydrogen (secondary N) is 1. The van der Waals surface area contributed by atoms with Crippen LogP contribution < -0.4 is 9.46 Å². The first-order chi connectivity index (χ1) is 9.32. The second-order valence-electron chi connectivity index (χ2n) is 3.64. The quantitative estimate of drug-likeness (QED) is 0.684. The van der Waals surface area contributed by atoms with E-state index in [-0.39, 0.29) is 11.4 Å². The van der Waals surface area contributed by atoms with Crippen molar-refractivity contribution in [2.75, 3.05) is 24.2 Å². The van der Waals surface area contributed by atoms with Crippen molar-refractivity contribution in [3.8, 4) is 5.75 Å². The van der Waals surface area contributed by atoms with E-state index in [0.717, 1.165) is 7.11 Å². The Morgan fingerprint density at radius 1 is 1.25 bits per heavy atom. The molecule has 8 nitrogen and oxygen atoms in total. The summed E-state index contributed by atoms with van der Waals surface area (Å²) in [5.41, 5.74) is 0.219. The third kappa shape index (κ3) is 5.57. The van der Waals surface area contributed by atoms with E-state index in [2.05, 4.69) is 9.46 Å². The van der Waals surface area contributed by atoms with Gasteiger partial charge in [0.05, 0.1) is 7.11 Å². The summed E-state index contributed by atoms with van der Waals surface area (Å²) >= 11 is 0. The van der Waals surface area contributed by atoms with Gasteiger partial charge in [0.1, 0.15) is 5.75 Å². The third-order valence-electron chi connectivity index (χ3n) is 2.03. The van der Waals surface area contributed by atoms with E-state index in [1.807, 2.05) is 0 Å². The lowest BCUT2D eigenvalue weighted by atomic mass is 10.3. The number of aliphatic carboxylic acids is 1. The minimum absolute atomic E-state index is 0.219. The lowest BCUT2D eigenvalue weighted by Gasteiger charge is -2.08. The number of rotatable bonds is 7. The van der Waals surface area contributed by atoms with E-state index >= 15 is 0 Å². The molecule has 1 rings (SSSR count). The van der Waals surface area contributed by atoms with Gasteiger partial charge in [0, 0.05) is 5.69 Å². The minimum Gasteiger partial charge on any atom is -0.482 e. The Labute approximate surface area is 115 Å². The van der Waals surface area contributed by atoms with E-state index < -0.39 is 34.3 Å². The van der Waals surface area contributed by atoms with Crippen LogP contribution in [0.4, 0.5) is 5.69 Å². The smallest absolute Gasteiger partial charge is 0.341 e. The van der Waals surface area contributed by atoms with Crippen molar-refractivity contribution in [1.82, 2.24) is 0 Å². The van der Waals surface area contributed by atoms with Gasteiger partial charge in [0.2, 0.25) is 10.0 Å². The third-order valence-corrected chi connectivity index (χ3v) is 3.19. The van der Waals surface area contributed by atoms with Crippen LogP contribution in [0.25, 0.3) is 0 Å². The van der Waals surface area contributed by atoms with E-state index in [9.17, 15) is 18.0 Å². The summed E-state index contributed by atoms with van der Waals surface area (Å²) in [5.74, 6) is -2.50. The molecule has 0 unspecified atom stereocenters. The molecule has 20 heavy (non-hydrogen) atoms. The van der Waals surface area contributed by atoms with Crippen LogP contribution in [0.15, 0.2) is 24.3 Å². The standard InChI is InChI=1S/C11H13NO7S/c1-18-11(15)7-20(16,17)12-8-2-4-9(5-3-8)19-6-10(13)14/h2-5,12H,6-7H2,1H3,(H,13,14).